The van der Waals surface area contributed by atoms with Gasteiger partial charge < -0.3 is 9.47 Å². The van der Waals surface area contributed by atoms with Crippen LogP contribution in [0.3, 0.4) is 0 Å². The van der Waals surface area contributed by atoms with Gasteiger partial charge in [-0.15, -0.1) is 0 Å². The molecule has 114 valence electrons. The average molecular weight is 412 g/mol. The van der Waals surface area contributed by atoms with Crippen LogP contribution in [0, 0.1) is 3.57 Å². The molecular formula is C15H13IN2O4. The van der Waals surface area contributed by atoms with E-state index < -0.39 is 11.9 Å². The van der Waals surface area contributed by atoms with Crippen LogP contribution in [0.2, 0.25) is 0 Å². The molecule has 0 aliphatic carbocycles. The Balaban J connectivity index is 2.35. The van der Waals surface area contributed by atoms with E-state index in [1.165, 1.54) is 13.2 Å². The molecule has 0 atom stereocenters. The van der Waals surface area contributed by atoms with E-state index in [1.807, 2.05) is 28.0 Å². The summed E-state index contributed by atoms with van der Waals surface area (Å²) in [7, 11) is 1.43. The lowest BCUT2D eigenvalue weighted by atomic mass is 10.2. The van der Waals surface area contributed by atoms with E-state index in [-0.39, 0.29) is 11.5 Å². The van der Waals surface area contributed by atoms with Gasteiger partial charge in [0.1, 0.15) is 0 Å². The van der Waals surface area contributed by atoms with Crippen molar-refractivity contribution in [1.82, 2.24) is 5.43 Å². The van der Waals surface area contributed by atoms with E-state index in [2.05, 4.69) is 0 Å². The van der Waals surface area contributed by atoms with Gasteiger partial charge in [0.15, 0.2) is 11.5 Å². The van der Waals surface area contributed by atoms with Crippen molar-refractivity contribution >= 4 is 34.5 Å². The third kappa shape index (κ3) is 3.55. The maximum absolute atomic E-state index is 12.1. The second-order valence-corrected chi connectivity index (χ2v) is 5.38. The Bertz CT molecular complexity index is 704. The lowest BCUT2D eigenvalue weighted by Crippen LogP contribution is -2.30. The number of nitrogen functional groups attached to an aromatic ring is 1. The van der Waals surface area contributed by atoms with Crippen LogP contribution in [0.25, 0.3) is 0 Å². The Kier molecular flexibility index (Phi) is 5.34. The number of rotatable bonds is 4. The van der Waals surface area contributed by atoms with Crippen molar-refractivity contribution in [3.05, 3.63) is 57.2 Å². The van der Waals surface area contributed by atoms with Gasteiger partial charge in [-0.3, -0.25) is 10.2 Å². The van der Waals surface area contributed by atoms with Crippen LogP contribution in [-0.2, 0) is 0 Å². The summed E-state index contributed by atoms with van der Waals surface area (Å²) in [6.07, 6.45) is 0. The molecular weight excluding hydrogens is 399 g/mol. The van der Waals surface area contributed by atoms with Crippen molar-refractivity contribution < 1.29 is 19.1 Å². The minimum absolute atomic E-state index is 0.255. The molecule has 0 heterocycles. The summed E-state index contributed by atoms with van der Waals surface area (Å²) >= 11 is 1.96. The molecule has 2 aromatic carbocycles. The Labute approximate surface area is 140 Å². The number of nitrogens with two attached hydrogens (primary N) is 1. The first-order valence-electron chi connectivity index (χ1n) is 6.22. The van der Waals surface area contributed by atoms with E-state index in [9.17, 15) is 9.59 Å². The number of carbonyl (C=O) groups excluding carboxylic acids is 2. The molecule has 0 radical (unpaired) electrons. The van der Waals surface area contributed by atoms with Gasteiger partial charge in [-0.05, 0) is 46.9 Å². The molecule has 0 saturated carbocycles. The van der Waals surface area contributed by atoms with Crippen molar-refractivity contribution in [1.29, 1.82) is 0 Å². The number of hydrogen-bond acceptors (Lipinski definition) is 5. The molecule has 0 aliphatic rings. The topological polar surface area (TPSA) is 90.7 Å². The van der Waals surface area contributed by atoms with Crippen LogP contribution in [0.5, 0.6) is 11.5 Å². The summed E-state index contributed by atoms with van der Waals surface area (Å²) < 4.78 is 11.1. The quantitative estimate of drug-likeness (QED) is 0.201. The summed E-state index contributed by atoms with van der Waals surface area (Å²) in [4.78, 5) is 23.7. The van der Waals surface area contributed by atoms with Gasteiger partial charge in [-0.25, -0.2) is 10.6 Å². The van der Waals surface area contributed by atoms with Crippen LogP contribution in [0.1, 0.15) is 20.7 Å². The molecule has 0 spiro atoms. The average Bonchev–Trinajstić information content (AvgIpc) is 2.56. The molecule has 0 fully saturated rings. The number of benzene rings is 2. The van der Waals surface area contributed by atoms with Gasteiger partial charge in [0.2, 0.25) is 0 Å². The molecule has 0 saturated heterocycles. The molecule has 0 aliphatic heterocycles. The number of amides is 1. The fourth-order valence-corrected chi connectivity index (χ4v) is 2.47. The number of halogens is 1. The zero-order valence-corrected chi connectivity index (χ0v) is 13.8. The molecule has 1 amide bonds. The van der Waals surface area contributed by atoms with Gasteiger partial charge in [0.05, 0.1) is 16.2 Å². The maximum Gasteiger partial charge on any atom is 0.343 e. The van der Waals surface area contributed by atoms with Crippen LogP contribution in [0.15, 0.2) is 42.5 Å². The Morgan fingerprint density at radius 2 is 1.82 bits per heavy atom. The highest BCUT2D eigenvalue weighted by Gasteiger charge is 2.18. The van der Waals surface area contributed by atoms with E-state index in [0.717, 1.165) is 0 Å². The second kappa shape index (κ2) is 7.23. The number of carbonyl (C=O) groups is 2. The monoisotopic (exact) mass is 412 g/mol. The van der Waals surface area contributed by atoms with E-state index >= 15 is 0 Å². The second-order valence-electron chi connectivity index (χ2n) is 4.22. The first-order valence-corrected chi connectivity index (χ1v) is 7.30. The number of hydrogen-bond donors (Lipinski definition) is 2. The number of esters is 1. The number of ether oxygens (including phenoxy) is 2. The smallest absolute Gasteiger partial charge is 0.343 e. The van der Waals surface area contributed by atoms with Gasteiger partial charge in [-0.2, -0.15) is 0 Å². The van der Waals surface area contributed by atoms with E-state index in [1.54, 1.807) is 36.4 Å². The summed E-state index contributed by atoms with van der Waals surface area (Å²) in [5.41, 5.74) is 2.77. The van der Waals surface area contributed by atoms with E-state index in [0.29, 0.717) is 14.7 Å². The lowest BCUT2D eigenvalue weighted by Gasteiger charge is -2.13. The SMILES string of the molecule is COc1cc(C(=O)NN)cc(I)c1OC(=O)c1ccccc1. The minimum atomic E-state index is -0.507. The number of nitrogens with one attached hydrogen (secondary N) is 1. The highest BCUT2D eigenvalue weighted by Crippen LogP contribution is 2.34. The highest BCUT2D eigenvalue weighted by molar-refractivity contribution is 14.1. The molecule has 2 aromatic rings. The van der Waals surface area contributed by atoms with Crippen LogP contribution < -0.4 is 20.7 Å². The number of methoxy groups -OCH3 is 1. The predicted molar refractivity (Wildman–Crippen MR) is 88.8 cm³/mol. The molecule has 2 rings (SSSR count). The summed E-state index contributed by atoms with van der Waals surface area (Å²) in [6, 6.07) is 11.6. The van der Waals surface area contributed by atoms with Crippen LogP contribution >= 0.6 is 22.6 Å². The molecule has 6 nitrogen and oxygen atoms in total. The summed E-state index contributed by atoms with van der Waals surface area (Å²) in [5, 5.41) is 0. The van der Waals surface area contributed by atoms with E-state index in [4.69, 9.17) is 15.3 Å². The molecule has 7 heteroatoms. The summed E-state index contributed by atoms with van der Waals surface area (Å²) in [6.45, 7) is 0. The van der Waals surface area contributed by atoms with Gasteiger partial charge in [-0.1, -0.05) is 18.2 Å². The molecule has 3 N–H and O–H groups in total. The summed E-state index contributed by atoms with van der Waals surface area (Å²) in [5.74, 6) is 4.67. The first-order chi connectivity index (χ1) is 10.6. The Hall–Kier alpha value is -2.13. The Morgan fingerprint density at radius 1 is 1.14 bits per heavy atom. The van der Waals surface area contributed by atoms with Crippen molar-refractivity contribution in [3.8, 4) is 11.5 Å². The zero-order chi connectivity index (χ0) is 16.1. The number of hydrazine groups is 1. The van der Waals surface area contributed by atoms with Crippen LogP contribution in [0.4, 0.5) is 0 Å². The van der Waals surface area contributed by atoms with Crippen LogP contribution in [-0.4, -0.2) is 19.0 Å². The van der Waals surface area contributed by atoms with Crippen molar-refractivity contribution in [2.75, 3.05) is 7.11 Å². The largest absolute Gasteiger partial charge is 0.493 e. The van der Waals surface area contributed by atoms with Gasteiger partial charge >= 0.3 is 5.97 Å². The van der Waals surface area contributed by atoms with Crippen molar-refractivity contribution in [2.24, 2.45) is 5.84 Å². The standard InChI is InChI=1S/C15H13IN2O4/c1-21-12-8-10(14(19)18-17)7-11(16)13(12)22-15(20)9-5-3-2-4-6-9/h2-8H,17H2,1H3,(H,18,19). The normalized spacial score (nSPS) is 9.95. The van der Waals surface area contributed by atoms with Gasteiger partial charge in [0.25, 0.3) is 5.91 Å². The molecule has 0 bridgehead atoms. The lowest BCUT2D eigenvalue weighted by molar-refractivity contribution is 0.0728. The molecule has 22 heavy (non-hydrogen) atoms. The fraction of sp³-hybridized carbons (Fsp3) is 0.0667. The van der Waals surface area contributed by atoms with Crippen molar-refractivity contribution in [2.45, 2.75) is 0 Å². The zero-order valence-electron chi connectivity index (χ0n) is 11.6. The predicted octanol–water partition coefficient (Wildman–Crippen LogP) is 2.12. The third-order valence-corrected chi connectivity index (χ3v) is 3.63. The Morgan fingerprint density at radius 3 is 2.41 bits per heavy atom. The molecule has 0 unspecified atom stereocenters. The van der Waals surface area contributed by atoms with Crippen molar-refractivity contribution in [3.63, 3.8) is 0 Å². The maximum atomic E-state index is 12.1. The fourth-order valence-electron chi connectivity index (χ4n) is 1.76. The third-order valence-electron chi connectivity index (χ3n) is 2.83. The highest BCUT2D eigenvalue weighted by atomic mass is 127. The molecule has 0 aromatic heterocycles. The minimum Gasteiger partial charge on any atom is -0.493 e. The van der Waals surface area contributed by atoms with Gasteiger partial charge in [0, 0.05) is 5.56 Å². The first kappa shape index (κ1) is 16.2.